The van der Waals surface area contributed by atoms with Gasteiger partial charge in [0.05, 0.1) is 19.1 Å². The monoisotopic (exact) mass is 322 g/mol. The molecule has 0 spiro atoms. The second kappa shape index (κ2) is 6.57. The van der Waals surface area contributed by atoms with Crippen molar-refractivity contribution in [3.8, 4) is 0 Å². The second-order valence-corrected chi connectivity index (χ2v) is 7.40. The van der Waals surface area contributed by atoms with Crippen LogP contribution in [-0.2, 0) is 14.9 Å². The number of hydrogen-bond acceptors (Lipinski definition) is 6. The molecule has 3 heterocycles. The van der Waals surface area contributed by atoms with Crippen molar-refractivity contribution in [2.24, 2.45) is 0 Å². The standard InChI is InChI=1S/C16H26N4O3/c1-16(2,3)15-17-14(23-18-15)12-10-13(21)20(11-12)5-4-19-6-8-22-9-7-19/h12H,4-11H2,1-3H3/t12-/m1/s1. The molecule has 128 valence electrons. The van der Waals surface area contributed by atoms with Crippen molar-refractivity contribution in [2.45, 2.75) is 38.5 Å². The number of carbonyl (C=O) groups is 1. The van der Waals surface area contributed by atoms with E-state index in [0.29, 0.717) is 24.7 Å². The minimum absolute atomic E-state index is 0.0239. The Kier molecular flexibility index (Phi) is 4.68. The number of aromatic nitrogens is 2. The van der Waals surface area contributed by atoms with Crippen molar-refractivity contribution in [3.63, 3.8) is 0 Å². The predicted octanol–water partition coefficient (Wildman–Crippen LogP) is 1.02. The highest BCUT2D eigenvalue weighted by atomic mass is 16.5. The van der Waals surface area contributed by atoms with Gasteiger partial charge in [-0.2, -0.15) is 4.98 Å². The molecule has 2 saturated heterocycles. The van der Waals surface area contributed by atoms with E-state index in [9.17, 15) is 4.79 Å². The fourth-order valence-corrected chi connectivity index (χ4v) is 2.95. The molecule has 23 heavy (non-hydrogen) atoms. The van der Waals surface area contributed by atoms with Gasteiger partial charge in [0.25, 0.3) is 0 Å². The van der Waals surface area contributed by atoms with Crippen molar-refractivity contribution in [1.82, 2.24) is 19.9 Å². The van der Waals surface area contributed by atoms with E-state index in [-0.39, 0.29) is 17.2 Å². The van der Waals surface area contributed by atoms with Gasteiger partial charge in [0.1, 0.15) is 0 Å². The van der Waals surface area contributed by atoms with E-state index in [0.717, 1.165) is 39.4 Å². The Labute approximate surface area is 137 Å². The largest absolute Gasteiger partial charge is 0.379 e. The van der Waals surface area contributed by atoms with Crippen LogP contribution in [0.2, 0.25) is 0 Å². The molecule has 0 radical (unpaired) electrons. The minimum Gasteiger partial charge on any atom is -0.379 e. The molecule has 1 aromatic rings. The van der Waals surface area contributed by atoms with Crippen LogP contribution in [-0.4, -0.2) is 71.8 Å². The van der Waals surface area contributed by atoms with E-state index in [1.807, 2.05) is 4.90 Å². The molecule has 1 atom stereocenters. The maximum atomic E-state index is 12.2. The lowest BCUT2D eigenvalue weighted by Crippen LogP contribution is -2.41. The van der Waals surface area contributed by atoms with E-state index >= 15 is 0 Å². The van der Waals surface area contributed by atoms with Crippen LogP contribution in [0, 0.1) is 0 Å². The van der Waals surface area contributed by atoms with Gasteiger partial charge in [0.2, 0.25) is 11.8 Å². The Hall–Kier alpha value is -1.47. The van der Waals surface area contributed by atoms with Gasteiger partial charge in [-0.1, -0.05) is 25.9 Å². The van der Waals surface area contributed by atoms with Crippen LogP contribution in [0.4, 0.5) is 0 Å². The third-order valence-electron chi connectivity index (χ3n) is 4.47. The fourth-order valence-electron chi connectivity index (χ4n) is 2.95. The Morgan fingerprint density at radius 1 is 1.22 bits per heavy atom. The number of ether oxygens (including phenoxy) is 1. The number of morpholine rings is 1. The summed E-state index contributed by atoms with van der Waals surface area (Å²) in [5, 5.41) is 4.06. The summed E-state index contributed by atoms with van der Waals surface area (Å²) in [4.78, 5) is 21.0. The van der Waals surface area contributed by atoms with E-state index in [2.05, 4.69) is 35.8 Å². The highest BCUT2D eigenvalue weighted by Crippen LogP contribution is 2.28. The second-order valence-electron chi connectivity index (χ2n) is 7.40. The van der Waals surface area contributed by atoms with Crippen LogP contribution in [0.25, 0.3) is 0 Å². The molecule has 0 aromatic carbocycles. The molecule has 7 nitrogen and oxygen atoms in total. The van der Waals surface area contributed by atoms with Gasteiger partial charge in [0, 0.05) is 44.6 Å². The molecular formula is C16H26N4O3. The average molecular weight is 322 g/mol. The van der Waals surface area contributed by atoms with Crippen LogP contribution in [0.5, 0.6) is 0 Å². The number of hydrogen-bond donors (Lipinski definition) is 0. The summed E-state index contributed by atoms with van der Waals surface area (Å²) < 4.78 is 10.7. The normalized spacial score (nSPS) is 23.7. The van der Waals surface area contributed by atoms with Crippen molar-refractivity contribution in [3.05, 3.63) is 11.7 Å². The zero-order chi connectivity index (χ0) is 16.4. The highest BCUT2D eigenvalue weighted by molar-refractivity contribution is 5.79. The number of rotatable bonds is 4. The molecule has 1 aromatic heterocycles. The van der Waals surface area contributed by atoms with Gasteiger partial charge in [-0.15, -0.1) is 0 Å². The van der Waals surface area contributed by atoms with Gasteiger partial charge in [0.15, 0.2) is 5.82 Å². The fraction of sp³-hybridized carbons (Fsp3) is 0.812. The first kappa shape index (κ1) is 16.4. The number of amides is 1. The third kappa shape index (κ3) is 3.90. The lowest BCUT2D eigenvalue weighted by atomic mass is 9.96. The molecule has 0 aliphatic carbocycles. The SMILES string of the molecule is CC(C)(C)c1noc([C@@H]2CC(=O)N(CCN3CCOCC3)C2)n1. The van der Waals surface area contributed by atoms with Crippen molar-refractivity contribution in [2.75, 3.05) is 45.9 Å². The summed E-state index contributed by atoms with van der Waals surface area (Å²) in [7, 11) is 0. The molecular weight excluding hydrogens is 296 g/mol. The van der Waals surface area contributed by atoms with Crippen LogP contribution < -0.4 is 0 Å². The summed E-state index contributed by atoms with van der Waals surface area (Å²) >= 11 is 0. The quantitative estimate of drug-likeness (QED) is 0.824. The van der Waals surface area contributed by atoms with Gasteiger partial charge in [-0.3, -0.25) is 9.69 Å². The predicted molar refractivity (Wildman–Crippen MR) is 84.2 cm³/mol. The zero-order valence-electron chi connectivity index (χ0n) is 14.2. The van der Waals surface area contributed by atoms with Crippen LogP contribution in [0.15, 0.2) is 4.52 Å². The first-order chi connectivity index (χ1) is 10.9. The molecule has 2 fully saturated rings. The highest BCUT2D eigenvalue weighted by Gasteiger charge is 2.35. The minimum atomic E-state index is -0.139. The molecule has 2 aliphatic rings. The summed E-state index contributed by atoms with van der Waals surface area (Å²) in [5.41, 5.74) is -0.139. The first-order valence-electron chi connectivity index (χ1n) is 8.35. The lowest BCUT2D eigenvalue weighted by Gasteiger charge is -2.28. The smallest absolute Gasteiger partial charge is 0.232 e. The van der Waals surface area contributed by atoms with Gasteiger partial charge in [-0.25, -0.2) is 0 Å². The van der Waals surface area contributed by atoms with Crippen LogP contribution >= 0.6 is 0 Å². The molecule has 0 unspecified atom stereocenters. The van der Waals surface area contributed by atoms with Crippen molar-refractivity contribution in [1.29, 1.82) is 0 Å². The molecule has 7 heteroatoms. The Morgan fingerprint density at radius 2 is 1.96 bits per heavy atom. The average Bonchev–Trinajstić information content (AvgIpc) is 3.12. The molecule has 3 rings (SSSR count). The zero-order valence-corrected chi connectivity index (χ0v) is 14.2. The van der Waals surface area contributed by atoms with E-state index in [1.165, 1.54) is 0 Å². The molecule has 0 N–H and O–H groups in total. The first-order valence-corrected chi connectivity index (χ1v) is 8.35. The summed E-state index contributed by atoms with van der Waals surface area (Å²) in [5.74, 6) is 1.50. The van der Waals surface area contributed by atoms with E-state index in [1.54, 1.807) is 0 Å². The summed E-state index contributed by atoms with van der Waals surface area (Å²) in [6, 6.07) is 0. The Balaban J connectivity index is 1.55. The number of likely N-dealkylation sites (tertiary alicyclic amines) is 1. The molecule has 2 aliphatic heterocycles. The molecule has 0 bridgehead atoms. The molecule has 1 amide bonds. The Morgan fingerprint density at radius 3 is 2.61 bits per heavy atom. The van der Waals surface area contributed by atoms with Crippen molar-refractivity contribution < 1.29 is 14.1 Å². The van der Waals surface area contributed by atoms with Gasteiger partial charge < -0.3 is 14.2 Å². The van der Waals surface area contributed by atoms with Gasteiger partial charge in [-0.05, 0) is 0 Å². The summed E-state index contributed by atoms with van der Waals surface area (Å²) in [6.45, 7) is 12.0. The summed E-state index contributed by atoms with van der Waals surface area (Å²) in [6.07, 6.45) is 0.467. The Bertz CT molecular complexity index is 546. The maximum absolute atomic E-state index is 12.2. The van der Waals surface area contributed by atoms with Crippen LogP contribution in [0.3, 0.4) is 0 Å². The number of nitrogens with zero attached hydrogens (tertiary/aromatic N) is 4. The van der Waals surface area contributed by atoms with Crippen molar-refractivity contribution >= 4 is 5.91 Å². The molecule has 0 saturated carbocycles. The van der Waals surface area contributed by atoms with Crippen LogP contribution in [0.1, 0.15) is 44.8 Å². The number of carbonyl (C=O) groups excluding carboxylic acids is 1. The lowest BCUT2D eigenvalue weighted by molar-refractivity contribution is -0.128. The third-order valence-corrected chi connectivity index (χ3v) is 4.47. The van der Waals surface area contributed by atoms with E-state index < -0.39 is 0 Å². The van der Waals surface area contributed by atoms with E-state index in [4.69, 9.17) is 9.26 Å². The maximum Gasteiger partial charge on any atom is 0.232 e. The van der Waals surface area contributed by atoms with Gasteiger partial charge >= 0.3 is 0 Å². The topological polar surface area (TPSA) is 71.7 Å².